The lowest BCUT2D eigenvalue weighted by Crippen LogP contribution is -2.36. The molecule has 0 saturated carbocycles. The number of carboxylic acid groups (broad SMARTS) is 1. The van der Waals surface area contributed by atoms with Gasteiger partial charge in [0.15, 0.2) is 0 Å². The van der Waals surface area contributed by atoms with Gasteiger partial charge in [0.2, 0.25) is 0 Å². The van der Waals surface area contributed by atoms with Crippen LogP contribution in [0.3, 0.4) is 0 Å². The number of alkyl halides is 3. The number of pyridine rings is 1. The van der Waals surface area contributed by atoms with Gasteiger partial charge in [0.25, 0.3) is 5.91 Å². The van der Waals surface area contributed by atoms with Gasteiger partial charge in [-0.1, -0.05) is 0 Å². The van der Waals surface area contributed by atoms with Gasteiger partial charge in [-0.25, -0.2) is 9.18 Å². The Labute approximate surface area is 214 Å². The molecule has 8 nitrogen and oxygen atoms in total. The molecule has 4 heterocycles. The quantitative estimate of drug-likeness (QED) is 0.436. The van der Waals surface area contributed by atoms with E-state index >= 15 is 0 Å². The smallest absolute Gasteiger partial charge is 0.475 e. The molecule has 38 heavy (non-hydrogen) atoms. The van der Waals surface area contributed by atoms with E-state index in [0.29, 0.717) is 36.6 Å². The number of H-pyrrole nitrogens is 1. The van der Waals surface area contributed by atoms with E-state index in [4.69, 9.17) is 14.6 Å². The summed E-state index contributed by atoms with van der Waals surface area (Å²) in [6.07, 6.45) is 0.953. The lowest BCUT2D eigenvalue weighted by Gasteiger charge is -2.28. The molecule has 2 aliphatic rings. The van der Waals surface area contributed by atoms with E-state index in [-0.39, 0.29) is 11.7 Å². The van der Waals surface area contributed by atoms with Crippen molar-refractivity contribution in [3.8, 4) is 11.3 Å². The van der Waals surface area contributed by atoms with Crippen LogP contribution < -0.4 is 10.2 Å². The Balaban J connectivity index is 0.000000426. The fraction of sp³-hybridized carbons (Fsp3) is 0.269. The Bertz CT molecular complexity index is 1350. The molecule has 0 spiro atoms. The number of benzene rings is 1. The molecule has 0 aliphatic carbocycles. The van der Waals surface area contributed by atoms with Crippen LogP contribution in [0, 0.1) is 5.82 Å². The molecular weight excluding hydrogens is 508 g/mol. The van der Waals surface area contributed by atoms with Crippen LogP contribution in [0.15, 0.2) is 42.6 Å². The van der Waals surface area contributed by atoms with Gasteiger partial charge in [0.1, 0.15) is 5.82 Å². The van der Waals surface area contributed by atoms with Gasteiger partial charge in [-0.3, -0.25) is 9.78 Å². The number of ether oxygens (including phenoxy) is 1. The van der Waals surface area contributed by atoms with Crippen LogP contribution in [-0.4, -0.2) is 66.0 Å². The number of hydrogen-bond acceptors (Lipinski definition) is 5. The second-order valence-corrected chi connectivity index (χ2v) is 8.49. The second-order valence-electron chi connectivity index (χ2n) is 8.49. The summed E-state index contributed by atoms with van der Waals surface area (Å²) in [6.45, 7) is 3.52. The summed E-state index contributed by atoms with van der Waals surface area (Å²) in [5, 5.41) is 9.98. The SMILES string of the molecule is O=C(O)C(F)(F)F.O=C1NCCc2[nH]c(-c3ccnc(/C=C/c4ccc(N5CCOCC5)cc4F)c3)cc21. The van der Waals surface area contributed by atoms with Crippen LogP contribution in [-0.2, 0) is 16.0 Å². The standard InChI is InChI=1S/C24H23FN4O2.C2HF3O2/c25-21-14-19(29-9-11-31-12-10-29)4-2-16(21)1-3-18-13-17(5-7-26-18)23-15-20-22(28-23)6-8-27-24(20)30;3-2(4,5)1(6)7/h1-5,7,13-15,28H,6,8-12H2,(H,27,30);(H,6,7)/b3-1+;. The number of nitrogens with one attached hydrogen (secondary N) is 2. The molecule has 200 valence electrons. The van der Waals surface area contributed by atoms with E-state index in [0.717, 1.165) is 42.1 Å². The van der Waals surface area contributed by atoms with Gasteiger partial charge in [-0.2, -0.15) is 13.2 Å². The van der Waals surface area contributed by atoms with Gasteiger partial charge in [-0.15, -0.1) is 0 Å². The van der Waals surface area contributed by atoms with Crippen LogP contribution in [0.25, 0.3) is 23.4 Å². The Morgan fingerprint density at radius 1 is 1.11 bits per heavy atom. The molecule has 2 aromatic heterocycles. The molecule has 0 bridgehead atoms. The third kappa shape index (κ3) is 6.57. The molecular formula is C26H24F4N4O4. The first-order valence-electron chi connectivity index (χ1n) is 11.7. The molecule has 0 unspecified atom stereocenters. The second kappa shape index (κ2) is 11.5. The van der Waals surface area contributed by atoms with E-state index < -0.39 is 12.1 Å². The number of amides is 1. The third-order valence-electron chi connectivity index (χ3n) is 5.93. The normalized spacial score (nSPS) is 15.5. The first-order valence-corrected chi connectivity index (χ1v) is 11.7. The topological polar surface area (TPSA) is 108 Å². The summed E-state index contributed by atoms with van der Waals surface area (Å²) in [5.41, 5.74) is 5.55. The minimum absolute atomic E-state index is 0.0473. The minimum Gasteiger partial charge on any atom is -0.475 e. The van der Waals surface area contributed by atoms with E-state index in [9.17, 15) is 22.4 Å². The summed E-state index contributed by atoms with van der Waals surface area (Å²) in [7, 11) is 0. The Hall–Kier alpha value is -4.19. The molecule has 5 rings (SSSR count). The first kappa shape index (κ1) is 26.9. The number of aromatic amines is 1. The number of aromatic nitrogens is 2. The van der Waals surface area contributed by atoms with Crippen LogP contribution in [0.4, 0.5) is 23.2 Å². The third-order valence-corrected chi connectivity index (χ3v) is 5.93. The average molecular weight is 532 g/mol. The number of halogens is 4. The molecule has 0 radical (unpaired) electrons. The maximum absolute atomic E-state index is 14.6. The average Bonchev–Trinajstić information content (AvgIpc) is 3.34. The van der Waals surface area contributed by atoms with Crippen molar-refractivity contribution < 1.29 is 37.0 Å². The van der Waals surface area contributed by atoms with E-state index in [2.05, 4.69) is 20.2 Å². The van der Waals surface area contributed by atoms with Crippen molar-refractivity contribution in [3.63, 3.8) is 0 Å². The van der Waals surface area contributed by atoms with Crippen molar-refractivity contribution in [3.05, 3.63) is 70.9 Å². The monoisotopic (exact) mass is 532 g/mol. The number of fused-ring (bicyclic) bond motifs is 1. The van der Waals surface area contributed by atoms with Crippen LogP contribution >= 0.6 is 0 Å². The predicted molar refractivity (Wildman–Crippen MR) is 132 cm³/mol. The molecule has 3 aromatic rings. The lowest BCUT2D eigenvalue weighted by atomic mass is 10.1. The highest BCUT2D eigenvalue weighted by atomic mass is 19.4. The van der Waals surface area contributed by atoms with Crippen LogP contribution in [0.1, 0.15) is 27.3 Å². The number of aliphatic carboxylic acids is 1. The van der Waals surface area contributed by atoms with Gasteiger partial charge in [0, 0.05) is 60.5 Å². The summed E-state index contributed by atoms with van der Waals surface area (Å²) in [4.78, 5) is 30.8. The van der Waals surface area contributed by atoms with Gasteiger partial charge in [0.05, 0.1) is 24.5 Å². The van der Waals surface area contributed by atoms with E-state index in [1.807, 2.05) is 24.3 Å². The molecule has 1 amide bonds. The fourth-order valence-electron chi connectivity index (χ4n) is 4.00. The Morgan fingerprint density at radius 2 is 1.84 bits per heavy atom. The van der Waals surface area contributed by atoms with Crippen molar-refractivity contribution >= 4 is 29.7 Å². The number of carboxylic acids is 1. The predicted octanol–water partition coefficient (Wildman–Crippen LogP) is 4.14. The maximum Gasteiger partial charge on any atom is 0.490 e. The summed E-state index contributed by atoms with van der Waals surface area (Å²) in [5.74, 6) is -3.07. The molecule has 1 fully saturated rings. The molecule has 1 aromatic carbocycles. The largest absolute Gasteiger partial charge is 0.490 e. The van der Waals surface area contributed by atoms with Gasteiger partial charge >= 0.3 is 12.1 Å². The van der Waals surface area contributed by atoms with E-state index in [1.165, 1.54) is 0 Å². The zero-order valence-electron chi connectivity index (χ0n) is 20.0. The Morgan fingerprint density at radius 3 is 2.50 bits per heavy atom. The first-order chi connectivity index (χ1) is 18.1. The van der Waals surface area contributed by atoms with Crippen molar-refractivity contribution in [2.45, 2.75) is 12.6 Å². The molecule has 2 aliphatic heterocycles. The number of carbonyl (C=O) groups excluding carboxylic acids is 1. The number of rotatable bonds is 4. The molecule has 3 N–H and O–H groups in total. The van der Waals surface area contributed by atoms with Gasteiger partial charge in [-0.05, 0) is 48.6 Å². The maximum atomic E-state index is 14.6. The molecule has 0 atom stereocenters. The number of hydrogen-bond donors (Lipinski definition) is 3. The number of nitrogens with zero attached hydrogens (tertiary/aromatic N) is 2. The van der Waals surface area contributed by atoms with Crippen LogP contribution in [0.5, 0.6) is 0 Å². The number of carbonyl (C=O) groups is 2. The summed E-state index contributed by atoms with van der Waals surface area (Å²) < 4.78 is 51.7. The zero-order valence-corrected chi connectivity index (χ0v) is 20.0. The molecule has 1 saturated heterocycles. The fourth-order valence-corrected chi connectivity index (χ4v) is 4.00. The summed E-state index contributed by atoms with van der Waals surface area (Å²) in [6, 6.07) is 11.0. The highest BCUT2D eigenvalue weighted by Gasteiger charge is 2.38. The lowest BCUT2D eigenvalue weighted by molar-refractivity contribution is -0.192. The number of morpholine rings is 1. The number of anilines is 1. The summed E-state index contributed by atoms with van der Waals surface area (Å²) >= 11 is 0. The highest BCUT2D eigenvalue weighted by Crippen LogP contribution is 2.25. The van der Waals surface area contributed by atoms with Crippen molar-refractivity contribution in [2.75, 3.05) is 37.7 Å². The van der Waals surface area contributed by atoms with Crippen molar-refractivity contribution in [1.29, 1.82) is 0 Å². The van der Waals surface area contributed by atoms with Crippen LogP contribution in [0.2, 0.25) is 0 Å². The van der Waals surface area contributed by atoms with Crippen molar-refractivity contribution in [1.82, 2.24) is 15.3 Å². The highest BCUT2D eigenvalue weighted by molar-refractivity contribution is 5.97. The molecule has 12 heteroatoms. The minimum atomic E-state index is -5.08. The van der Waals surface area contributed by atoms with Gasteiger partial charge < -0.3 is 25.0 Å². The van der Waals surface area contributed by atoms with Crippen molar-refractivity contribution in [2.24, 2.45) is 0 Å². The zero-order chi connectivity index (χ0) is 27.3. The Kier molecular flexibility index (Phi) is 8.10. The van der Waals surface area contributed by atoms with E-state index in [1.54, 1.807) is 30.5 Å².